The molecule has 1 heterocycles. The summed E-state index contributed by atoms with van der Waals surface area (Å²) >= 11 is 0. The first-order chi connectivity index (χ1) is 18.1. The molecule has 0 radical (unpaired) electrons. The molecule has 0 spiro atoms. The average Bonchev–Trinajstić information content (AvgIpc) is 2.89. The van der Waals surface area contributed by atoms with Crippen molar-refractivity contribution in [2.75, 3.05) is 19.8 Å². The van der Waals surface area contributed by atoms with Gasteiger partial charge in [0.2, 0.25) is 12.3 Å². The lowest BCUT2D eigenvalue weighted by Gasteiger charge is -2.16. The molecule has 1 aromatic rings. The summed E-state index contributed by atoms with van der Waals surface area (Å²) < 4.78 is 8.97. The van der Waals surface area contributed by atoms with Gasteiger partial charge in [0.1, 0.15) is 12.4 Å². The topological polar surface area (TPSA) is 175 Å². The number of aliphatic imine (C=N–C) groups is 1. The zero-order valence-electron chi connectivity index (χ0n) is 24.1. The predicted octanol–water partition coefficient (Wildman–Crippen LogP) is 3.00. The number of aromatic nitrogens is 2. The Hall–Kier alpha value is -3.83. The molecule has 12 nitrogen and oxygen atoms in total. The fraction of sp³-hybridized carbons (Fsp3) is 0.577. The second-order valence-electron chi connectivity index (χ2n) is 7.52. The molecule has 0 aromatic carbocycles. The number of rotatable bonds is 12. The largest absolute Gasteiger partial charge is 0.468 e. The van der Waals surface area contributed by atoms with E-state index in [0.29, 0.717) is 25.9 Å². The molecule has 1 rings (SSSR count). The van der Waals surface area contributed by atoms with Crippen molar-refractivity contribution in [3.05, 3.63) is 30.0 Å². The molecular formula is C26H46N6O6. The summed E-state index contributed by atoms with van der Waals surface area (Å²) in [5, 5.41) is 4.72. The number of ether oxygens (including phenoxy) is 2. The van der Waals surface area contributed by atoms with Gasteiger partial charge in [-0.25, -0.2) is 14.8 Å². The molecule has 216 valence electrons. The van der Waals surface area contributed by atoms with Gasteiger partial charge in [0, 0.05) is 11.4 Å². The van der Waals surface area contributed by atoms with Crippen molar-refractivity contribution in [3.8, 4) is 0 Å². The third-order valence-electron chi connectivity index (χ3n) is 4.04. The molecule has 4 N–H and O–H groups in total. The Morgan fingerprint density at radius 2 is 1.63 bits per heavy atom. The molecule has 12 heteroatoms. The highest BCUT2D eigenvalue weighted by atomic mass is 16.5. The predicted molar refractivity (Wildman–Crippen MR) is 149 cm³/mol. The number of nitrogens with two attached hydrogens (primary N) is 1. The Morgan fingerprint density at radius 3 is 2.03 bits per heavy atom. The quantitative estimate of drug-likeness (QED) is 0.205. The maximum atomic E-state index is 11.4. The van der Waals surface area contributed by atoms with E-state index in [1.54, 1.807) is 26.2 Å². The summed E-state index contributed by atoms with van der Waals surface area (Å²) in [4.78, 5) is 53.9. The van der Waals surface area contributed by atoms with Gasteiger partial charge in [-0.3, -0.25) is 19.4 Å². The van der Waals surface area contributed by atoms with Gasteiger partial charge < -0.3 is 25.8 Å². The van der Waals surface area contributed by atoms with Gasteiger partial charge in [0.15, 0.2) is 0 Å². The van der Waals surface area contributed by atoms with Crippen LogP contribution >= 0.6 is 0 Å². The Morgan fingerprint density at radius 1 is 1.05 bits per heavy atom. The first kappa shape index (κ1) is 38.7. The minimum absolute atomic E-state index is 0.136. The molecule has 0 fully saturated rings. The normalized spacial score (nSPS) is 11.2. The van der Waals surface area contributed by atoms with Crippen LogP contribution in [0.5, 0.6) is 0 Å². The van der Waals surface area contributed by atoms with Gasteiger partial charge in [-0.2, -0.15) is 0 Å². The highest BCUT2D eigenvalue weighted by Crippen LogP contribution is 2.10. The van der Waals surface area contributed by atoms with Gasteiger partial charge in [-0.05, 0) is 46.6 Å². The summed E-state index contributed by atoms with van der Waals surface area (Å²) in [6.45, 7) is 16.4. The zero-order valence-corrected chi connectivity index (χ0v) is 24.1. The van der Waals surface area contributed by atoms with Crippen LogP contribution in [-0.4, -0.2) is 66.2 Å². The lowest BCUT2D eigenvalue weighted by atomic mass is 10.1. The van der Waals surface area contributed by atoms with Crippen molar-refractivity contribution in [2.45, 2.75) is 80.7 Å². The van der Waals surface area contributed by atoms with Crippen LogP contribution < -0.4 is 16.4 Å². The van der Waals surface area contributed by atoms with Crippen LogP contribution in [-0.2, 0) is 28.7 Å². The highest BCUT2D eigenvalue weighted by Gasteiger charge is 2.20. The molecule has 38 heavy (non-hydrogen) atoms. The van der Waals surface area contributed by atoms with Crippen molar-refractivity contribution in [2.24, 2.45) is 10.7 Å². The number of hydrogen-bond acceptors (Lipinski definition) is 10. The van der Waals surface area contributed by atoms with Crippen LogP contribution in [0.2, 0.25) is 0 Å². The number of carbonyl (C=O) groups excluding carboxylic acids is 4. The second kappa shape index (κ2) is 27.8. The fourth-order valence-electron chi connectivity index (χ4n) is 2.14. The van der Waals surface area contributed by atoms with Crippen LogP contribution in [0.1, 0.15) is 74.7 Å². The van der Waals surface area contributed by atoms with E-state index in [-0.39, 0.29) is 13.2 Å². The molecule has 0 aliphatic carbocycles. The molecule has 0 saturated heterocycles. The average molecular weight is 539 g/mol. The minimum Gasteiger partial charge on any atom is -0.468 e. The van der Waals surface area contributed by atoms with Crippen molar-refractivity contribution in [3.63, 3.8) is 0 Å². The first-order valence-corrected chi connectivity index (χ1v) is 12.5. The van der Waals surface area contributed by atoms with Crippen molar-refractivity contribution >= 4 is 36.2 Å². The SMILES string of the molecule is CC(=Nc1cncnc1)/C(C)=C(/C)N.CCC.CCCC(NC(=O)CNC=O)C(=O)OCC.CCOC=O. The number of amides is 2. The van der Waals surface area contributed by atoms with Crippen LogP contribution in [0.15, 0.2) is 35.0 Å². The number of nitrogens with zero attached hydrogens (tertiary/aromatic N) is 3. The van der Waals surface area contributed by atoms with E-state index < -0.39 is 17.9 Å². The van der Waals surface area contributed by atoms with Gasteiger partial charge in [-0.15, -0.1) is 0 Å². The molecule has 1 unspecified atom stereocenters. The zero-order chi connectivity index (χ0) is 29.8. The van der Waals surface area contributed by atoms with Crippen molar-refractivity contribution in [1.29, 1.82) is 0 Å². The standard InChI is InChI=1S/C10H14N4.C10H18N2O4.C3H6O2.C3H8/c1-7(8(2)11)9(3)14-10-4-12-6-13-5-10;1-3-5-8(10(15)16-4-2)12-9(14)6-11-7-13;1-2-5-3-4;1-3-2/h4-6H,11H2,1-3H3;7-8H,3-6H2,1-2H3,(H,11,13)(H,12,14);3H,2H2,1H3;3H2,1-2H3/b8-7-,14-9?;;;. The van der Waals surface area contributed by atoms with Crippen molar-refractivity contribution < 1.29 is 28.7 Å². The van der Waals surface area contributed by atoms with Crippen LogP contribution in [0.4, 0.5) is 5.69 Å². The van der Waals surface area contributed by atoms with E-state index in [0.717, 1.165) is 29.1 Å². The lowest BCUT2D eigenvalue weighted by molar-refractivity contribution is -0.147. The monoisotopic (exact) mass is 538 g/mol. The van der Waals surface area contributed by atoms with Crippen molar-refractivity contribution in [1.82, 2.24) is 20.6 Å². The molecule has 1 atom stereocenters. The number of allylic oxidation sites excluding steroid dienone is 2. The summed E-state index contributed by atoms with van der Waals surface area (Å²) in [6, 6.07) is -0.633. The number of esters is 1. The molecule has 0 aliphatic heterocycles. The summed E-state index contributed by atoms with van der Waals surface area (Å²) in [6.07, 6.45) is 7.76. The van der Waals surface area contributed by atoms with E-state index in [1.807, 2.05) is 27.7 Å². The number of nitrogens with one attached hydrogen (secondary N) is 2. The Labute approximate surface area is 226 Å². The van der Waals surface area contributed by atoms with Gasteiger partial charge in [0.25, 0.3) is 6.47 Å². The Kier molecular flexibility index (Phi) is 28.3. The van der Waals surface area contributed by atoms with E-state index >= 15 is 0 Å². The first-order valence-electron chi connectivity index (χ1n) is 12.5. The van der Waals surface area contributed by atoms with E-state index in [1.165, 1.54) is 12.7 Å². The molecule has 1 aromatic heterocycles. The maximum Gasteiger partial charge on any atom is 0.328 e. The molecule has 0 saturated carbocycles. The van der Waals surface area contributed by atoms with Crippen LogP contribution in [0.25, 0.3) is 0 Å². The van der Waals surface area contributed by atoms with E-state index in [2.05, 4.69) is 44.2 Å². The molecular weight excluding hydrogens is 492 g/mol. The smallest absolute Gasteiger partial charge is 0.328 e. The van der Waals surface area contributed by atoms with Gasteiger partial charge in [-0.1, -0.05) is 33.6 Å². The lowest BCUT2D eigenvalue weighted by Crippen LogP contribution is -2.45. The van der Waals surface area contributed by atoms with Gasteiger partial charge >= 0.3 is 5.97 Å². The van der Waals surface area contributed by atoms with Crippen LogP contribution in [0, 0.1) is 0 Å². The summed E-state index contributed by atoms with van der Waals surface area (Å²) in [5.41, 5.74) is 9.06. The molecule has 0 bridgehead atoms. The molecule has 0 aliphatic rings. The Bertz CT molecular complexity index is 827. The van der Waals surface area contributed by atoms with Crippen LogP contribution in [0.3, 0.4) is 0 Å². The summed E-state index contributed by atoms with van der Waals surface area (Å²) in [5.74, 6) is -0.845. The third kappa shape index (κ3) is 23.9. The van der Waals surface area contributed by atoms with E-state index in [4.69, 9.17) is 10.5 Å². The third-order valence-corrected chi connectivity index (χ3v) is 4.04. The second-order valence-corrected chi connectivity index (χ2v) is 7.52. The number of carbonyl (C=O) groups is 4. The minimum atomic E-state index is -0.633. The maximum absolute atomic E-state index is 11.4. The highest BCUT2D eigenvalue weighted by molar-refractivity contribution is 5.99. The Balaban J connectivity index is -0.000000505. The number of hydrogen-bond donors (Lipinski definition) is 3. The fourth-order valence-corrected chi connectivity index (χ4v) is 2.14. The molecule has 2 amide bonds. The van der Waals surface area contributed by atoms with E-state index in [9.17, 15) is 19.2 Å². The van der Waals surface area contributed by atoms with Gasteiger partial charge in [0.05, 0.1) is 37.8 Å². The summed E-state index contributed by atoms with van der Waals surface area (Å²) in [7, 11) is 0.